The smallest absolute Gasteiger partial charge is 0.281 e. The molecule has 0 unspecified atom stereocenters. The van der Waals surface area contributed by atoms with Gasteiger partial charge in [-0.2, -0.15) is 13.2 Å². The average molecular weight is 327 g/mol. The molecule has 5 heteroatoms. The highest BCUT2D eigenvalue weighted by atomic mass is 127. The van der Waals surface area contributed by atoms with Crippen LogP contribution in [0.2, 0.25) is 0 Å². The fourth-order valence-corrected chi connectivity index (χ4v) is 1.86. The molecular weight excluding hydrogens is 318 g/mol. The van der Waals surface area contributed by atoms with Gasteiger partial charge in [-0.05, 0) is 59.7 Å². The third-order valence-corrected chi connectivity index (χ3v) is 3.01. The zero-order valence-corrected chi connectivity index (χ0v) is 9.92. The van der Waals surface area contributed by atoms with Gasteiger partial charge in [0, 0.05) is 15.3 Å². The van der Waals surface area contributed by atoms with Crippen molar-refractivity contribution >= 4 is 28.3 Å². The molecule has 0 amide bonds. The maximum Gasteiger partial charge on any atom is 0.485 e. The monoisotopic (exact) mass is 327 g/mol. The third kappa shape index (κ3) is 2.56. The van der Waals surface area contributed by atoms with Gasteiger partial charge in [0.25, 0.3) is 0 Å². The summed E-state index contributed by atoms with van der Waals surface area (Å²) in [4.78, 5) is 0.559. The molecule has 1 aliphatic carbocycles. The van der Waals surface area contributed by atoms with Crippen molar-refractivity contribution in [2.75, 3.05) is 4.90 Å². The second-order valence-electron chi connectivity index (χ2n) is 3.55. The van der Waals surface area contributed by atoms with Crippen LogP contribution in [-0.4, -0.2) is 12.3 Å². The molecule has 0 bridgehead atoms. The van der Waals surface area contributed by atoms with Crippen LogP contribution in [0.3, 0.4) is 0 Å². The van der Waals surface area contributed by atoms with Gasteiger partial charge in [-0.3, -0.25) is 4.90 Å². The predicted molar refractivity (Wildman–Crippen MR) is 60.7 cm³/mol. The minimum Gasteiger partial charge on any atom is -0.281 e. The largest absolute Gasteiger partial charge is 0.485 e. The van der Waals surface area contributed by atoms with E-state index in [2.05, 4.69) is 22.6 Å². The molecule has 0 aliphatic heterocycles. The van der Waals surface area contributed by atoms with Crippen LogP contribution in [0.4, 0.5) is 18.9 Å². The molecule has 1 nitrogen and oxygen atoms in total. The lowest BCUT2D eigenvalue weighted by Crippen LogP contribution is -2.39. The summed E-state index contributed by atoms with van der Waals surface area (Å²) in [6, 6.07) is 6.07. The van der Waals surface area contributed by atoms with Crippen molar-refractivity contribution in [2.45, 2.75) is 25.2 Å². The number of halogens is 4. The van der Waals surface area contributed by atoms with Crippen molar-refractivity contribution < 1.29 is 13.2 Å². The standard InChI is InChI=1S/C10H9F3IN/c11-10(12,13)15(9-5-6-9)8-3-1-7(14)2-4-8/h1-4,9H,5-6H2. The Kier molecular flexibility index (Phi) is 2.83. The van der Waals surface area contributed by atoms with Gasteiger partial charge in [0.1, 0.15) is 0 Å². The van der Waals surface area contributed by atoms with Gasteiger partial charge in [0.15, 0.2) is 0 Å². The number of nitrogens with zero attached hydrogens (tertiary/aromatic N) is 1. The molecule has 1 aliphatic rings. The van der Waals surface area contributed by atoms with Crippen molar-refractivity contribution in [3.8, 4) is 0 Å². The maximum absolute atomic E-state index is 12.7. The molecule has 1 aromatic carbocycles. The van der Waals surface area contributed by atoms with Gasteiger partial charge >= 0.3 is 6.30 Å². The Bertz CT molecular complexity index is 343. The minimum absolute atomic E-state index is 0.241. The van der Waals surface area contributed by atoms with Gasteiger partial charge in [0.05, 0.1) is 0 Å². The van der Waals surface area contributed by atoms with E-state index in [0.717, 1.165) is 3.57 Å². The first kappa shape index (κ1) is 11.0. The Hall–Kier alpha value is -0.460. The van der Waals surface area contributed by atoms with Crippen molar-refractivity contribution in [1.29, 1.82) is 0 Å². The van der Waals surface area contributed by atoms with Crippen LogP contribution in [0, 0.1) is 3.57 Å². The lowest BCUT2D eigenvalue weighted by Gasteiger charge is -2.26. The average Bonchev–Trinajstić information content (AvgIpc) is 2.90. The lowest BCUT2D eigenvalue weighted by atomic mass is 10.3. The van der Waals surface area contributed by atoms with E-state index in [1.54, 1.807) is 12.1 Å². The number of alkyl halides is 3. The predicted octanol–water partition coefficient (Wildman–Crippen LogP) is 3.78. The van der Waals surface area contributed by atoms with E-state index in [1.807, 2.05) is 0 Å². The summed E-state index contributed by atoms with van der Waals surface area (Å²) in [5, 5.41) is 0. The van der Waals surface area contributed by atoms with E-state index >= 15 is 0 Å². The van der Waals surface area contributed by atoms with Crippen LogP contribution >= 0.6 is 22.6 Å². The Morgan fingerprint density at radius 3 is 2.07 bits per heavy atom. The summed E-state index contributed by atoms with van der Waals surface area (Å²) < 4.78 is 39.1. The summed E-state index contributed by atoms with van der Waals surface area (Å²) >= 11 is 2.07. The van der Waals surface area contributed by atoms with E-state index in [9.17, 15) is 13.2 Å². The SMILES string of the molecule is FC(F)(F)N(c1ccc(I)cc1)C1CC1. The van der Waals surface area contributed by atoms with Crippen molar-refractivity contribution in [3.63, 3.8) is 0 Å². The highest BCUT2D eigenvalue weighted by Gasteiger charge is 2.46. The van der Waals surface area contributed by atoms with E-state index in [-0.39, 0.29) is 11.7 Å². The quantitative estimate of drug-likeness (QED) is 0.590. The van der Waals surface area contributed by atoms with E-state index in [1.165, 1.54) is 12.1 Å². The number of anilines is 1. The van der Waals surface area contributed by atoms with E-state index in [0.29, 0.717) is 17.7 Å². The number of hydrogen-bond donors (Lipinski definition) is 0. The number of benzene rings is 1. The molecule has 0 aromatic heterocycles. The topological polar surface area (TPSA) is 3.24 Å². The fraction of sp³-hybridized carbons (Fsp3) is 0.400. The molecule has 0 atom stereocenters. The van der Waals surface area contributed by atoms with Crippen molar-refractivity contribution in [2.24, 2.45) is 0 Å². The fourth-order valence-electron chi connectivity index (χ4n) is 1.50. The minimum atomic E-state index is -4.27. The second kappa shape index (κ2) is 3.84. The van der Waals surface area contributed by atoms with Gasteiger partial charge in [-0.15, -0.1) is 0 Å². The highest BCUT2D eigenvalue weighted by molar-refractivity contribution is 14.1. The Labute approximate surface area is 99.4 Å². The zero-order chi connectivity index (χ0) is 11.1. The van der Waals surface area contributed by atoms with Crippen LogP contribution in [0.1, 0.15) is 12.8 Å². The van der Waals surface area contributed by atoms with Crippen molar-refractivity contribution in [3.05, 3.63) is 27.8 Å². The first-order chi connectivity index (χ1) is 6.98. The molecule has 0 saturated heterocycles. The van der Waals surface area contributed by atoms with Crippen LogP contribution in [0.25, 0.3) is 0 Å². The van der Waals surface area contributed by atoms with E-state index in [4.69, 9.17) is 0 Å². The van der Waals surface area contributed by atoms with Crippen LogP contribution in [-0.2, 0) is 0 Å². The van der Waals surface area contributed by atoms with Gasteiger partial charge in [-0.1, -0.05) is 0 Å². The zero-order valence-electron chi connectivity index (χ0n) is 7.76. The molecule has 1 fully saturated rings. The van der Waals surface area contributed by atoms with Gasteiger partial charge in [-0.25, -0.2) is 0 Å². The van der Waals surface area contributed by atoms with Gasteiger partial charge in [0.2, 0.25) is 0 Å². The molecular formula is C10H9F3IN. The maximum atomic E-state index is 12.7. The Morgan fingerprint density at radius 2 is 1.67 bits per heavy atom. The third-order valence-electron chi connectivity index (χ3n) is 2.29. The molecule has 82 valence electrons. The first-order valence-corrected chi connectivity index (χ1v) is 5.68. The van der Waals surface area contributed by atoms with E-state index < -0.39 is 6.30 Å². The molecule has 2 rings (SSSR count). The Morgan fingerprint density at radius 1 is 1.13 bits per heavy atom. The van der Waals surface area contributed by atoms with Gasteiger partial charge < -0.3 is 0 Å². The molecule has 15 heavy (non-hydrogen) atoms. The molecule has 0 N–H and O–H groups in total. The molecule has 0 radical (unpaired) electrons. The first-order valence-electron chi connectivity index (χ1n) is 4.60. The summed E-state index contributed by atoms with van der Waals surface area (Å²) in [7, 11) is 0. The normalized spacial score (nSPS) is 16.5. The lowest BCUT2D eigenvalue weighted by molar-refractivity contribution is -0.130. The number of hydrogen-bond acceptors (Lipinski definition) is 1. The Balaban J connectivity index is 2.28. The molecule has 0 spiro atoms. The van der Waals surface area contributed by atoms with Crippen LogP contribution < -0.4 is 4.90 Å². The molecule has 1 saturated carbocycles. The highest BCUT2D eigenvalue weighted by Crippen LogP contribution is 2.39. The van der Waals surface area contributed by atoms with Crippen molar-refractivity contribution in [1.82, 2.24) is 0 Å². The summed E-state index contributed by atoms with van der Waals surface area (Å²) in [6.45, 7) is 0. The molecule has 1 aromatic rings. The van der Waals surface area contributed by atoms with Crippen LogP contribution in [0.5, 0.6) is 0 Å². The summed E-state index contributed by atoms with van der Waals surface area (Å²) in [5.74, 6) is 0. The summed E-state index contributed by atoms with van der Waals surface area (Å²) in [5.41, 5.74) is 0.241. The van der Waals surface area contributed by atoms with Crippen LogP contribution in [0.15, 0.2) is 24.3 Å². The summed E-state index contributed by atoms with van der Waals surface area (Å²) in [6.07, 6.45) is -3.01. The number of rotatable bonds is 2. The molecule has 0 heterocycles. The second-order valence-corrected chi connectivity index (χ2v) is 4.79.